The normalized spacial score (nSPS) is 11.0. The molecule has 0 unspecified atom stereocenters. The van der Waals surface area contributed by atoms with Gasteiger partial charge in [0.1, 0.15) is 23.9 Å². The Morgan fingerprint density at radius 1 is 1.10 bits per heavy atom. The first-order valence-corrected chi connectivity index (χ1v) is 7.59. The number of benzene rings is 1. The van der Waals surface area contributed by atoms with E-state index in [1.165, 1.54) is 0 Å². The first-order chi connectivity index (χ1) is 9.63. The Morgan fingerprint density at radius 3 is 2.50 bits per heavy atom. The second-order valence-electron chi connectivity index (χ2n) is 5.14. The molecule has 0 atom stereocenters. The molecule has 0 aliphatic carbocycles. The number of hydrogen-bond acceptors (Lipinski definition) is 3. The maximum Gasteiger partial charge on any atom is 0.146 e. The molecule has 1 aromatic heterocycles. The van der Waals surface area contributed by atoms with Crippen molar-refractivity contribution in [3.8, 4) is 5.75 Å². The summed E-state index contributed by atoms with van der Waals surface area (Å²) >= 11 is 3.40. The fourth-order valence-corrected chi connectivity index (χ4v) is 2.03. The highest BCUT2D eigenvalue weighted by atomic mass is 79.9. The van der Waals surface area contributed by atoms with Crippen LogP contribution in [-0.2, 0) is 13.2 Å². The number of rotatable bonds is 7. The number of ether oxygens (including phenoxy) is 1. The van der Waals surface area contributed by atoms with Gasteiger partial charge in [-0.1, -0.05) is 29.8 Å². The molecule has 20 heavy (non-hydrogen) atoms. The zero-order valence-corrected chi connectivity index (χ0v) is 13.4. The van der Waals surface area contributed by atoms with E-state index in [-0.39, 0.29) is 0 Å². The van der Waals surface area contributed by atoms with Gasteiger partial charge in [0.15, 0.2) is 0 Å². The summed E-state index contributed by atoms with van der Waals surface area (Å²) < 4.78 is 12.4. The molecule has 0 bridgehead atoms. The minimum atomic E-state index is 0.450. The van der Waals surface area contributed by atoms with E-state index in [4.69, 9.17) is 9.15 Å². The van der Waals surface area contributed by atoms with Crippen LogP contribution in [0.3, 0.4) is 0 Å². The third-order valence-electron chi connectivity index (χ3n) is 2.76. The monoisotopic (exact) mass is 337 g/mol. The summed E-state index contributed by atoms with van der Waals surface area (Å²) in [5.74, 6) is 3.27. The zero-order chi connectivity index (χ0) is 14.4. The first-order valence-electron chi connectivity index (χ1n) is 6.80. The fraction of sp³-hybridized carbons (Fsp3) is 0.375. The van der Waals surface area contributed by atoms with Crippen molar-refractivity contribution in [1.82, 2.24) is 5.32 Å². The van der Waals surface area contributed by atoms with E-state index in [0.717, 1.165) is 34.8 Å². The lowest BCUT2D eigenvalue weighted by atomic mass is 10.2. The van der Waals surface area contributed by atoms with E-state index in [1.54, 1.807) is 0 Å². The first kappa shape index (κ1) is 15.1. The Balaban J connectivity index is 1.79. The molecule has 0 spiro atoms. The van der Waals surface area contributed by atoms with Gasteiger partial charge >= 0.3 is 0 Å². The molecule has 1 heterocycles. The molecule has 2 rings (SSSR count). The zero-order valence-electron chi connectivity index (χ0n) is 11.9. The van der Waals surface area contributed by atoms with E-state index in [9.17, 15) is 0 Å². The summed E-state index contributed by atoms with van der Waals surface area (Å²) in [5, 5.41) is 3.35. The lowest BCUT2D eigenvalue weighted by molar-refractivity contribution is 0.265. The maximum absolute atomic E-state index is 5.71. The number of nitrogens with one attached hydrogen (secondary N) is 1. The van der Waals surface area contributed by atoms with Crippen LogP contribution in [0.15, 0.2) is 45.3 Å². The fourth-order valence-electron chi connectivity index (χ4n) is 1.76. The van der Waals surface area contributed by atoms with E-state index < -0.39 is 0 Å². The van der Waals surface area contributed by atoms with Crippen molar-refractivity contribution < 1.29 is 9.15 Å². The van der Waals surface area contributed by atoms with Crippen molar-refractivity contribution in [2.75, 3.05) is 6.54 Å². The van der Waals surface area contributed by atoms with Crippen molar-refractivity contribution in [3.63, 3.8) is 0 Å². The molecule has 1 N–H and O–H groups in total. The predicted octanol–water partition coefficient (Wildman–Crippen LogP) is 4.37. The summed E-state index contributed by atoms with van der Waals surface area (Å²) in [7, 11) is 0. The predicted molar refractivity (Wildman–Crippen MR) is 83.7 cm³/mol. The molecular formula is C16H20BrNO2. The molecule has 2 aromatic rings. The van der Waals surface area contributed by atoms with Gasteiger partial charge in [0.2, 0.25) is 0 Å². The topological polar surface area (TPSA) is 34.4 Å². The molecule has 0 saturated heterocycles. The molecule has 4 heteroatoms. The van der Waals surface area contributed by atoms with Gasteiger partial charge in [-0.15, -0.1) is 0 Å². The number of hydrogen-bond donors (Lipinski definition) is 1. The highest BCUT2D eigenvalue weighted by Gasteiger charge is 2.03. The Bertz CT molecular complexity index is 520. The maximum atomic E-state index is 5.71. The van der Waals surface area contributed by atoms with Crippen LogP contribution in [-0.4, -0.2) is 6.54 Å². The number of halogens is 1. The van der Waals surface area contributed by atoms with Crippen molar-refractivity contribution in [1.29, 1.82) is 0 Å². The van der Waals surface area contributed by atoms with Crippen LogP contribution >= 0.6 is 15.9 Å². The Hall–Kier alpha value is -1.26. The molecule has 0 radical (unpaired) electrons. The quantitative estimate of drug-likeness (QED) is 0.814. The van der Waals surface area contributed by atoms with E-state index in [0.29, 0.717) is 12.5 Å². The van der Waals surface area contributed by atoms with Gasteiger partial charge in [-0.2, -0.15) is 0 Å². The van der Waals surface area contributed by atoms with Crippen LogP contribution in [0, 0.1) is 5.92 Å². The highest BCUT2D eigenvalue weighted by molar-refractivity contribution is 9.10. The molecule has 0 fully saturated rings. The van der Waals surface area contributed by atoms with Crippen molar-refractivity contribution in [2.45, 2.75) is 27.0 Å². The van der Waals surface area contributed by atoms with Gasteiger partial charge in [-0.3, -0.25) is 0 Å². The third kappa shape index (κ3) is 5.02. The minimum Gasteiger partial charge on any atom is -0.486 e. The van der Waals surface area contributed by atoms with Crippen molar-refractivity contribution >= 4 is 15.9 Å². The van der Waals surface area contributed by atoms with Crippen LogP contribution in [0.1, 0.15) is 25.4 Å². The summed E-state index contributed by atoms with van der Waals surface area (Å²) in [6.45, 7) is 6.58. The summed E-state index contributed by atoms with van der Waals surface area (Å²) in [6, 6.07) is 11.7. The smallest absolute Gasteiger partial charge is 0.146 e. The number of furan rings is 1. The van der Waals surface area contributed by atoms with Gasteiger partial charge in [-0.05, 0) is 48.9 Å². The summed E-state index contributed by atoms with van der Waals surface area (Å²) in [5.41, 5.74) is 0. The molecule has 0 saturated carbocycles. The van der Waals surface area contributed by atoms with Crippen LogP contribution < -0.4 is 10.1 Å². The SMILES string of the molecule is CC(C)CNCc1ccc(COc2ccc(Br)cc2)o1. The Morgan fingerprint density at radius 2 is 1.80 bits per heavy atom. The van der Waals surface area contributed by atoms with Gasteiger partial charge in [0, 0.05) is 4.47 Å². The van der Waals surface area contributed by atoms with Crippen LogP contribution in [0.2, 0.25) is 0 Å². The minimum absolute atomic E-state index is 0.450. The average Bonchev–Trinajstić information content (AvgIpc) is 2.86. The van der Waals surface area contributed by atoms with Crippen LogP contribution in [0.25, 0.3) is 0 Å². The average molecular weight is 338 g/mol. The van der Waals surface area contributed by atoms with Crippen molar-refractivity contribution in [2.24, 2.45) is 5.92 Å². The molecule has 108 valence electrons. The van der Waals surface area contributed by atoms with E-state index in [2.05, 4.69) is 35.1 Å². The molecular weight excluding hydrogens is 318 g/mol. The molecule has 1 aromatic carbocycles. The van der Waals surface area contributed by atoms with Gasteiger partial charge in [-0.25, -0.2) is 0 Å². The van der Waals surface area contributed by atoms with E-state index in [1.807, 2.05) is 36.4 Å². The van der Waals surface area contributed by atoms with Crippen LogP contribution in [0.5, 0.6) is 5.75 Å². The van der Waals surface area contributed by atoms with Crippen molar-refractivity contribution in [3.05, 3.63) is 52.4 Å². The van der Waals surface area contributed by atoms with Gasteiger partial charge in [0.05, 0.1) is 6.54 Å². The Kier molecular flexibility index (Phi) is 5.68. The Labute approximate surface area is 128 Å². The molecule has 0 amide bonds. The second-order valence-corrected chi connectivity index (χ2v) is 6.05. The lowest BCUT2D eigenvalue weighted by Gasteiger charge is -2.05. The lowest BCUT2D eigenvalue weighted by Crippen LogP contribution is -2.18. The highest BCUT2D eigenvalue weighted by Crippen LogP contribution is 2.18. The molecule has 0 aliphatic heterocycles. The second kappa shape index (κ2) is 7.50. The largest absolute Gasteiger partial charge is 0.486 e. The third-order valence-corrected chi connectivity index (χ3v) is 3.29. The van der Waals surface area contributed by atoms with Gasteiger partial charge in [0.25, 0.3) is 0 Å². The summed E-state index contributed by atoms with van der Waals surface area (Å²) in [4.78, 5) is 0. The van der Waals surface area contributed by atoms with Crippen LogP contribution in [0.4, 0.5) is 0 Å². The summed E-state index contributed by atoms with van der Waals surface area (Å²) in [6.07, 6.45) is 0. The van der Waals surface area contributed by atoms with E-state index >= 15 is 0 Å². The molecule has 0 aliphatic rings. The standard InChI is InChI=1S/C16H20BrNO2/c1-12(2)9-18-10-15-7-8-16(20-15)11-19-14-5-3-13(17)4-6-14/h3-8,12,18H,9-11H2,1-2H3. The molecule has 3 nitrogen and oxygen atoms in total. The van der Waals surface area contributed by atoms with Gasteiger partial charge < -0.3 is 14.5 Å².